The van der Waals surface area contributed by atoms with Gasteiger partial charge in [0.2, 0.25) is 0 Å². The van der Waals surface area contributed by atoms with Crippen LogP contribution in [0, 0.1) is 0 Å². The molecule has 1 atom stereocenters. The van der Waals surface area contributed by atoms with E-state index in [0.29, 0.717) is 6.04 Å². The molecule has 0 bridgehead atoms. The fourth-order valence-corrected chi connectivity index (χ4v) is 2.45. The van der Waals surface area contributed by atoms with Crippen molar-refractivity contribution in [1.82, 2.24) is 19.6 Å². The SMILES string of the molecule is C[C@@H]1CN(Cc2cn3ccccc3n2)CCN1. The normalized spacial score (nSPS) is 22.1. The van der Waals surface area contributed by atoms with E-state index in [2.05, 4.69) is 32.7 Å². The summed E-state index contributed by atoms with van der Waals surface area (Å²) in [6.07, 6.45) is 4.17. The topological polar surface area (TPSA) is 32.6 Å². The molecule has 1 saturated heterocycles. The zero-order valence-corrected chi connectivity index (χ0v) is 10.1. The first-order valence-corrected chi connectivity index (χ1v) is 6.19. The Kier molecular flexibility index (Phi) is 2.82. The molecule has 2 aromatic rings. The van der Waals surface area contributed by atoms with Gasteiger partial charge in [-0.3, -0.25) is 4.90 Å². The van der Waals surface area contributed by atoms with Crippen molar-refractivity contribution in [2.75, 3.05) is 19.6 Å². The number of hydrogen-bond donors (Lipinski definition) is 1. The average molecular weight is 230 g/mol. The molecule has 1 aliphatic rings. The lowest BCUT2D eigenvalue weighted by Gasteiger charge is -2.31. The third kappa shape index (κ3) is 2.33. The molecule has 0 unspecified atom stereocenters. The first-order valence-electron chi connectivity index (χ1n) is 6.19. The number of aromatic nitrogens is 2. The van der Waals surface area contributed by atoms with Crippen LogP contribution in [0.2, 0.25) is 0 Å². The number of rotatable bonds is 2. The Bertz CT molecular complexity index is 472. The zero-order chi connectivity index (χ0) is 11.7. The average Bonchev–Trinajstić information content (AvgIpc) is 2.71. The van der Waals surface area contributed by atoms with Gasteiger partial charge in [-0.15, -0.1) is 0 Å². The second-order valence-electron chi connectivity index (χ2n) is 4.79. The van der Waals surface area contributed by atoms with Crippen LogP contribution in [0.25, 0.3) is 5.65 Å². The van der Waals surface area contributed by atoms with Gasteiger partial charge in [-0.25, -0.2) is 4.98 Å². The molecule has 17 heavy (non-hydrogen) atoms. The van der Waals surface area contributed by atoms with Gasteiger partial charge in [0.05, 0.1) is 5.69 Å². The smallest absolute Gasteiger partial charge is 0.137 e. The number of hydrogen-bond acceptors (Lipinski definition) is 3. The van der Waals surface area contributed by atoms with E-state index in [1.54, 1.807) is 0 Å². The molecule has 3 heterocycles. The van der Waals surface area contributed by atoms with E-state index >= 15 is 0 Å². The van der Waals surface area contributed by atoms with Gasteiger partial charge in [0.1, 0.15) is 5.65 Å². The van der Waals surface area contributed by atoms with Crippen LogP contribution in [-0.4, -0.2) is 40.0 Å². The highest BCUT2D eigenvalue weighted by Gasteiger charge is 2.16. The van der Waals surface area contributed by atoms with E-state index < -0.39 is 0 Å². The van der Waals surface area contributed by atoms with Crippen molar-refractivity contribution < 1.29 is 0 Å². The van der Waals surface area contributed by atoms with Crippen LogP contribution >= 0.6 is 0 Å². The predicted molar refractivity (Wildman–Crippen MR) is 67.9 cm³/mol. The van der Waals surface area contributed by atoms with E-state index in [0.717, 1.165) is 37.5 Å². The summed E-state index contributed by atoms with van der Waals surface area (Å²) in [6.45, 7) is 6.48. The van der Waals surface area contributed by atoms with Crippen molar-refractivity contribution in [2.45, 2.75) is 19.5 Å². The predicted octanol–water partition coefficient (Wildman–Crippen LogP) is 1.13. The van der Waals surface area contributed by atoms with Crippen LogP contribution in [0.3, 0.4) is 0 Å². The number of fused-ring (bicyclic) bond motifs is 1. The molecule has 0 aliphatic carbocycles. The van der Waals surface area contributed by atoms with E-state index in [1.165, 1.54) is 0 Å². The Morgan fingerprint density at radius 3 is 3.24 bits per heavy atom. The van der Waals surface area contributed by atoms with Crippen molar-refractivity contribution in [3.8, 4) is 0 Å². The molecule has 0 radical (unpaired) electrons. The largest absolute Gasteiger partial charge is 0.312 e. The van der Waals surface area contributed by atoms with Gasteiger partial charge in [-0.2, -0.15) is 0 Å². The summed E-state index contributed by atoms with van der Waals surface area (Å²) in [5.74, 6) is 0. The van der Waals surface area contributed by atoms with E-state index in [1.807, 2.05) is 24.4 Å². The lowest BCUT2D eigenvalue weighted by Crippen LogP contribution is -2.48. The summed E-state index contributed by atoms with van der Waals surface area (Å²) in [4.78, 5) is 7.09. The molecule has 1 fully saturated rings. The first kappa shape index (κ1) is 10.7. The van der Waals surface area contributed by atoms with Crippen molar-refractivity contribution in [3.63, 3.8) is 0 Å². The number of nitrogens with one attached hydrogen (secondary N) is 1. The minimum Gasteiger partial charge on any atom is -0.312 e. The third-order valence-electron chi connectivity index (χ3n) is 3.25. The van der Waals surface area contributed by atoms with Crippen LogP contribution < -0.4 is 5.32 Å². The molecule has 3 rings (SSSR count). The quantitative estimate of drug-likeness (QED) is 0.839. The molecule has 1 aliphatic heterocycles. The number of piperazine rings is 1. The monoisotopic (exact) mass is 230 g/mol. The molecule has 0 amide bonds. The summed E-state index contributed by atoms with van der Waals surface area (Å²) in [5.41, 5.74) is 2.19. The van der Waals surface area contributed by atoms with Crippen molar-refractivity contribution in [2.24, 2.45) is 0 Å². The summed E-state index contributed by atoms with van der Waals surface area (Å²) in [5, 5.41) is 3.46. The Hall–Kier alpha value is -1.39. The van der Waals surface area contributed by atoms with Gasteiger partial charge in [0, 0.05) is 44.6 Å². The maximum Gasteiger partial charge on any atom is 0.137 e. The molecule has 0 spiro atoms. The molecule has 0 saturated carbocycles. The maximum atomic E-state index is 4.63. The van der Waals surface area contributed by atoms with Gasteiger partial charge >= 0.3 is 0 Å². The second kappa shape index (κ2) is 4.47. The van der Waals surface area contributed by atoms with Crippen molar-refractivity contribution >= 4 is 5.65 Å². The Labute approximate surface area is 101 Å². The summed E-state index contributed by atoms with van der Waals surface area (Å²) in [7, 11) is 0. The Morgan fingerprint density at radius 2 is 2.41 bits per heavy atom. The fraction of sp³-hybridized carbons (Fsp3) is 0.462. The summed E-state index contributed by atoms with van der Waals surface area (Å²) >= 11 is 0. The minimum atomic E-state index is 0.584. The minimum absolute atomic E-state index is 0.584. The number of nitrogens with zero attached hydrogens (tertiary/aromatic N) is 3. The Balaban J connectivity index is 1.75. The first-order chi connectivity index (χ1) is 8.31. The maximum absolute atomic E-state index is 4.63. The number of imidazole rings is 1. The molecule has 4 heteroatoms. The van der Waals surface area contributed by atoms with Gasteiger partial charge < -0.3 is 9.72 Å². The van der Waals surface area contributed by atoms with Gasteiger partial charge in [0.15, 0.2) is 0 Å². The highest BCUT2D eigenvalue weighted by molar-refractivity contribution is 5.39. The molecule has 4 nitrogen and oxygen atoms in total. The van der Waals surface area contributed by atoms with Crippen LogP contribution in [-0.2, 0) is 6.54 Å². The molecular weight excluding hydrogens is 212 g/mol. The molecule has 0 aromatic carbocycles. The van der Waals surface area contributed by atoms with Crippen molar-refractivity contribution in [3.05, 3.63) is 36.3 Å². The molecule has 90 valence electrons. The van der Waals surface area contributed by atoms with Crippen molar-refractivity contribution in [1.29, 1.82) is 0 Å². The van der Waals surface area contributed by atoms with E-state index in [-0.39, 0.29) is 0 Å². The molecule has 1 N–H and O–H groups in total. The molecule has 2 aromatic heterocycles. The fourth-order valence-electron chi connectivity index (χ4n) is 2.45. The number of pyridine rings is 1. The standard InChI is InChI=1S/C13H18N4/c1-11-8-16(7-5-14-11)9-12-10-17-6-3-2-4-13(17)15-12/h2-4,6,10-11,14H,5,7-9H2,1H3/t11-/m1/s1. The zero-order valence-electron chi connectivity index (χ0n) is 10.1. The van der Waals surface area contributed by atoms with Crippen LogP contribution in [0.1, 0.15) is 12.6 Å². The van der Waals surface area contributed by atoms with E-state index in [4.69, 9.17) is 0 Å². The van der Waals surface area contributed by atoms with Gasteiger partial charge in [0.25, 0.3) is 0 Å². The lowest BCUT2D eigenvalue weighted by atomic mass is 10.2. The Morgan fingerprint density at radius 1 is 1.47 bits per heavy atom. The second-order valence-corrected chi connectivity index (χ2v) is 4.79. The summed E-state index contributed by atoms with van der Waals surface area (Å²) in [6, 6.07) is 6.69. The van der Waals surface area contributed by atoms with Gasteiger partial charge in [-0.1, -0.05) is 6.07 Å². The lowest BCUT2D eigenvalue weighted by molar-refractivity contribution is 0.198. The summed E-state index contributed by atoms with van der Waals surface area (Å²) < 4.78 is 2.08. The van der Waals surface area contributed by atoms with Crippen LogP contribution in [0.5, 0.6) is 0 Å². The molecular formula is C13H18N4. The van der Waals surface area contributed by atoms with Gasteiger partial charge in [-0.05, 0) is 19.1 Å². The van der Waals surface area contributed by atoms with E-state index in [9.17, 15) is 0 Å². The van der Waals surface area contributed by atoms with Crippen LogP contribution in [0.15, 0.2) is 30.6 Å². The third-order valence-corrected chi connectivity index (χ3v) is 3.25. The highest BCUT2D eigenvalue weighted by Crippen LogP contribution is 2.09. The van der Waals surface area contributed by atoms with Crippen LogP contribution in [0.4, 0.5) is 0 Å². The highest BCUT2D eigenvalue weighted by atomic mass is 15.2.